The maximum atomic E-state index is 12.0. The van der Waals surface area contributed by atoms with Gasteiger partial charge in [-0.1, -0.05) is 0 Å². The van der Waals surface area contributed by atoms with Crippen LogP contribution in [0.25, 0.3) is 0 Å². The van der Waals surface area contributed by atoms with Crippen molar-refractivity contribution in [3.8, 4) is 0 Å². The Morgan fingerprint density at radius 3 is 2.79 bits per heavy atom. The first kappa shape index (κ1) is 16.2. The predicted octanol–water partition coefficient (Wildman–Crippen LogP) is 1.60. The highest BCUT2D eigenvalue weighted by atomic mass is 16.6. The fourth-order valence-corrected chi connectivity index (χ4v) is 2.22. The third-order valence-electron chi connectivity index (χ3n) is 3.04. The van der Waals surface area contributed by atoms with Crippen molar-refractivity contribution >= 4 is 6.09 Å². The van der Waals surface area contributed by atoms with Crippen LogP contribution in [0.5, 0.6) is 0 Å². The number of nitrogens with one attached hydrogen (secondary N) is 1. The maximum absolute atomic E-state index is 12.0. The second-order valence-corrected chi connectivity index (χ2v) is 6.44. The molecule has 112 valence electrons. The van der Waals surface area contributed by atoms with Crippen molar-refractivity contribution in [3.63, 3.8) is 0 Å². The number of carbonyl (C=O) groups excluding carboxylic acids is 1. The van der Waals surface area contributed by atoms with Crippen molar-refractivity contribution in [3.05, 3.63) is 0 Å². The number of hydrogen-bond donors (Lipinski definition) is 2. The largest absolute Gasteiger partial charge is 0.444 e. The van der Waals surface area contributed by atoms with E-state index in [-0.39, 0.29) is 12.2 Å². The summed E-state index contributed by atoms with van der Waals surface area (Å²) in [5.41, 5.74) is -0.436. The van der Waals surface area contributed by atoms with Gasteiger partial charge in [0.1, 0.15) is 5.60 Å². The van der Waals surface area contributed by atoms with E-state index >= 15 is 0 Å². The molecule has 1 amide bonds. The first-order valence-corrected chi connectivity index (χ1v) is 7.14. The van der Waals surface area contributed by atoms with E-state index in [1.807, 2.05) is 20.8 Å². The topological polar surface area (TPSA) is 61.8 Å². The molecule has 5 heteroatoms. The summed E-state index contributed by atoms with van der Waals surface area (Å²) in [6, 6.07) is 0. The number of ether oxygens (including phenoxy) is 1. The average Bonchev–Trinajstić information content (AvgIpc) is 2.26. The quantitative estimate of drug-likeness (QED) is 0.816. The maximum Gasteiger partial charge on any atom is 0.410 e. The molecule has 0 radical (unpaired) electrons. The lowest BCUT2D eigenvalue weighted by Crippen LogP contribution is -2.45. The molecule has 1 heterocycles. The molecule has 19 heavy (non-hydrogen) atoms. The van der Waals surface area contributed by atoms with Crippen LogP contribution in [0.2, 0.25) is 0 Å². The zero-order chi connectivity index (χ0) is 14.5. The van der Waals surface area contributed by atoms with Crippen LogP contribution < -0.4 is 5.32 Å². The SMILES string of the molecule is CC(O)CNCC1CCCN(C(=O)OC(C)(C)C)C1. The van der Waals surface area contributed by atoms with Crippen LogP contribution >= 0.6 is 0 Å². The van der Waals surface area contributed by atoms with Gasteiger partial charge in [-0.25, -0.2) is 4.79 Å². The van der Waals surface area contributed by atoms with Gasteiger partial charge in [0, 0.05) is 19.6 Å². The minimum Gasteiger partial charge on any atom is -0.444 e. The smallest absolute Gasteiger partial charge is 0.410 e. The van der Waals surface area contributed by atoms with E-state index < -0.39 is 5.60 Å². The molecule has 0 aliphatic carbocycles. The second-order valence-electron chi connectivity index (χ2n) is 6.44. The lowest BCUT2D eigenvalue weighted by molar-refractivity contribution is 0.0165. The molecule has 1 rings (SSSR count). The van der Waals surface area contributed by atoms with Crippen molar-refractivity contribution < 1.29 is 14.6 Å². The van der Waals surface area contributed by atoms with Gasteiger partial charge in [0.25, 0.3) is 0 Å². The number of nitrogens with zero attached hydrogens (tertiary/aromatic N) is 1. The van der Waals surface area contributed by atoms with Crippen LogP contribution in [-0.4, -0.2) is 54.0 Å². The Hall–Kier alpha value is -0.810. The lowest BCUT2D eigenvalue weighted by Gasteiger charge is -2.34. The summed E-state index contributed by atoms with van der Waals surface area (Å²) in [4.78, 5) is 13.8. The summed E-state index contributed by atoms with van der Waals surface area (Å²) < 4.78 is 5.39. The van der Waals surface area contributed by atoms with E-state index in [0.29, 0.717) is 12.5 Å². The minimum absolute atomic E-state index is 0.215. The minimum atomic E-state index is -0.436. The van der Waals surface area contributed by atoms with Gasteiger partial charge in [0.15, 0.2) is 0 Å². The van der Waals surface area contributed by atoms with Crippen molar-refractivity contribution in [2.24, 2.45) is 5.92 Å². The van der Waals surface area contributed by atoms with Gasteiger partial charge in [0.2, 0.25) is 0 Å². The standard InChI is InChI=1S/C14H28N2O3/c1-11(17)8-15-9-12-6-5-7-16(10-12)13(18)19-14(2,3)4/h11-12,15,17H,5-10H2,1-4H3. The molecule has 0 aromatic rings. The number of amides is 1. The Balaban J connectivity index is 2.35. The number of carbonyl (C=O) groups is 1. The van der Waals surface area contributed by atoms with Gasteiger partial charge >= 0.3 is 6.09 Å². The van der Waals surface area contributed by atoms with E-state index in [4.69, 9.17) is 4.74 Å². The van der Waals surface area contributed by atoms with Gasteiger partial charge in [-0.05, 0) is 53.0 Å². The van der Waals surface area contributed by atoms with Gasteiger partial charge < -0.3 is 20.1 Å². The summed E-state index contributed by atoms with van der Waals surface area (Å²) in [7, 11) is 0. The molecule has 0 spiro atoms. The average molecular weight is 272 g/mol. The third-order valence-corrected chi connectivity index (χ3v) is 3.04. The first-order chi connectivity index (χ1) is 8.78. The normalized spacial score (nSPS) is 22.2. The van der Waals surface area contributed by atoms with Gasteiger partial charge in [-0.15, -0.1) is 0 Å². The number of piperidine rings is 1. The van der Waals surface area contributed by atoms with Gasteiger partial charge in [0.05, 0.1) is 6.10 Å². The summed E-state index contributed by atoms with van der Waals surface area (Å²) in [6.07, 6.45) is 1.59. The number of hydrogen-bond acceptors (Lipinski definition) is 4. The molecule has 1 aliphatic rings. The van der Waals surface area contributed by atoms with Crippen LogP contribution in [0.1, 0.15) is 40.5 Å². The highest BCUT2D eigenvalue weighted by Crippen LogP contribution is 2.18. The second kappa shape index (κ2) is 7.10. The van der Waals surface area contributed by atoms with E-state index in [2.05, 4.69) is 5.32 Å². The van der Waals surface area contributed by atoms with Crippen LogP contribution in [0.4, 0.5) is 4.79 Å². The van der Waals surface area contributed by atoms with Crippen molar-refractivity contribution in [2.45, 2.75) is 52.2 Å². The molecule has 0 saturated carbocycles. The third kappa shape index (κ3) is 6.78. The Kier molecular flexibility index (Phi) is 6.07. The summed E-state index contributed by atoms with van der Waals surface area (Å²) in [6.45, 7) is 10.4. The predicted molar refractivity (Wildman–Crippen MR) is 75.1 cm³/mol. The Morgan fingerprint density at radius 1 is 1.53 bits per heavy atom. The van der Waals surface area contributed by atoms with E-state index in [9.17, 15) is 9.90 Å². The summed E-state index contributed by atoms with van der Waals surface area (Å²) in [5, 5.41) is 12.4. The van der Waals surface area contributed by atoms with Crippen molar-refractivity contribution in [2.75, 3.05) is 26.2 Å². The fraction of sp³-hybridized carbons (Fsp3) is 0.929. The molecule has 0 aromatic carbocycles. The molecule has 0 bridgehead atoms. The van der Waals surface area contributed by atoms with Crippen molar-refractivity contribution in [1.82, 2.24) is 10.2 Å². The molecule has 0 aromatic heterocycles. The number of aliphatic hydroxyl groups excluding tert-OH is 1. The highest BCUT2D eigenvalue weighted by Gasteiger charge is 2.27. The Morgan fingerprint density at radius 2 is 2.21 bits per heavy atom. The Bertz CT molecular complexity index is 287. The molecule has 2 N–H and O–H groups in total. The van der Waals surface area contributed by atoms with Crippen LogP contribution in [0.15, 0.2) is 0 Å². The van der Waals surface area contributed by atoms with Crippen LogP contribution in [-0.2, 0) is 4.74 Å². The summed E-state index contributed by atoms with van der Waals surface area (Å²) in [5.74, 6) is 0.444. The number of rotatable bonds is 4. The number of aliphatic hydroxyl groups is 1. The molecular formula is C14H28N2O3. The van der Waals surface area contributed by atoms with E-state index in [1.54, 1.807) is 11.8 Å². The molecule has 1 fully saturated rings. The van der Waals surface area contributed by atoms with Gasteiger partial charge in [-0.3, -0.25) is 0 Å². The molecule has 2 unspecified atom stereocenters. The van der Waals surface area contributed by atoms with Crippen LogP contribution in [0, 0.1) is 5.92 Å². The Labute approximate surface area is 116 Å². The zero-order valence-electron chi connectivity index (χ0n) is 12.6. The summed E-state index contributed by atoms with van der Waals surface area (Å²) >= 11 is 0. The van der Waals surface area contributed by atoms with Gasteiger partial charge in [-0.2, -0.15) is 0 Å². The van der Waals surface area contributed by atoms with E-state index in [0.717, 1.165) is 32.5 Å². The highest BCUT2D eigenvalue weighted by molar-refractivity contribution is 5.68. The zero-order valence-corrected chi connectivity index (χ0v) is 12.6. The van der Waals surface area contributed by atoms with E-state index in [1.165, 1.54) is 0 Å². The molecule has 1 saturated heterocycles. The van der Waals surface area contributed by atoms with Crippen LogP contribution in [0.3, 0.4) is 0 Å². The fourth-order valence-electron chi connectivity index (χ4n) is 2.22. The molecule has 5 nitrogen and oxygen atoms in total. The monoisotopic (exact) mass is 272 g/mol. The number of likely N-dealkylation sites (tertiary alicyclic amines) is 1. The first-order valence-electron chi connectivity index (χ1n) is 7.14. The lowest BCUT2D eigenvalue weighted by atomic mass is 9.98. The van der Waals surface area contributed by atoms with Crippen molar-refractivity contribution in [1.29, 1.82) is 0 Å². The molecular weight excluding hydrogens is 244 g/mol. The molecule has 1 aliphatic heterocycles. The molecule has 2 atom stereocenters.